The number of aromatic nitrogens is 1. The number of hydrogen-bond acceptors (Lipinski definition) is 3. The first-order valence-electron chi connectivity index (χ1n) is 12.1. The largest absolute Gasteiger partial charge is 0.477 e. The van der Waals surface area contributed by atoms with E-state index in [0.29, 0.717) is 12.2 Å². The van der Waals surface area contributed by atoms with Crippen LogP contribution in [0.2, 0.25) is 0 Å². The van der Waals surface area contributed by atoms with Gasteiger partial charge in [-0.25, -0.2) is 4.79 Å². The number of benzene rings is 4. The number of ether oxygens (including phenoxy) is 2. The number of carboxylic acids is 1. The lowest BCUT2D eigenvalue weighted by Gasteiger charge is -2.10. The fourth-order valence-corrected chi connectivity index (χ4v) is 5.05. The third-order valence-corrected chi connectivity index (χ3v) is 6.72. The fraction of sp³-hybridized carbons (Fsp3) is 0.129. The average molecular weight is 476 g/mol. The van der Waals surface area contributed by atoms with E-state index in [1.165, 1.54) is 5.56 Å². The van der Waals surface area contributed by atoms with Crippen LogP contribution in [0, 0.1) is 0 Å². The molecule has 1 aromatic heterocycles. The summed E-state index contributed by atoms with van der Waals surface area (Å²) < 4.78 is 13.0. The molecule has 0 saturated carbocycles. The summed E-state index contributed by atoms with van der Waals surface area (Å²) in [6.07, 6.45) is 1.72. The van der Waals surface area contributed by atoms with Gasteiger partial charge in [0.1, 0.15) is 5.69 Å². The van der Waals surface area contributed by atoms with Crippen molar-refractivity contribution in [3.05, 3.63) is 108 Å². The van der Waals surface area contributed by atoms with E-state index >= 15 is 0 Å². The molecule has 0 atom stereocenters. The van der Waals surface area contributed by atoms with Gasteiger partial charge in [0, 0.05) is 23.0 Å². The number of aryl methyl sites for hydroxylation is 2. The van der Waals surface area contributed by atoms with Gasteiger partial charge in [0.2, 0.25) is 6.79 Å². The van der Waals surface area contributed by atoms with Crippen molar-refractivity contribution in [2.75, 3.05) is 6.79 Å². The number of fused-ring (bicyclic) bond motifs is 2. The zero-order valence-corrected chi connectivity index (χ0v) is 19.7. The number of carbonyl (C=O) groups is 1. The molecule has 0 unspecified atom stereocenters. The minimum atomic E-state index is -0.922. The standard InChI is InChI=1S/C31H25NO4/c33-31(34)30-29(22-11-5-2-6-12-22)25-18-23(24-14-16-27-28(19-24)36-20-35-27)13-15-26(25)32(30)17-7-10-21-8-3-1-4-9-21/h1-6,8-9,11-16,18-19H,7,10,17,20H2,(H,33,34). The van der Waals surface area contributed by atoms with Crippen molar-refractivity contribution in [3.63, 3.8) is 0 Å². The van der Waals surface area contributed by atoms with Crippen molar-refractivity contribution < 1.29 is 19.4 Å². The van der Waals surface area contributed by atoms with Crippen molar-refractivity contribution in [1.29, 1.82) is 0 Å². The van der Waals surface area contributed by atoms with Crippen LogP contribution in [-0.2, 0) is 13.0 Å². The maximum atomic E-state index is 12.7. The average Bonchev–Trinajstić information content (AvgIpc) is 3.51. The molecule has 0 radical (unpaired) electrons. The predicted octanol–water partition coefficient (Wildman–Crippen LogP) is 7.04. The molecule has 1 N–H and O–H groups in total. The topological polar surface area (TPSA) is 60.7 Å². The Balaban J connectivity index is 1.48. The Hall–Kier alpha value is -4.51. The van der Waals surface area contributed by atoms with E-state index in [1.54, 1.807) is 0 Å². The molecule has 0 bridgehead atoms. The molecule has 5 nitrogen and oxygen atoms in total. The van der Waals surface area contributed by atoms with Crippen LogP contribution in [-0.4, -0.2) is 22.4 Å². The van der Waals surface area contributed by atoms with Crippen molar-refractivity contribution in [3.8, 4) is 33.8 Å². The molecule has 0 saturated heterocycles. The molecule has 0 fully saturated rings. The van der Waals surface area contributed by atoms with Gasteiger partial charge >= 0.3 is 5.97 Å². The summed E-state index contributed by atoms with van der Waals surface area (Å²) in [6.45, 7) is 0.840. The lowest BCUT2D eigenvalue weighted by molar-refractivity contribution is 0.0686. The molecule has 1 aliphatic heterocycles. The van der Waals surface area contributed by atoms with Gasteiger partial charge in [-0.2, -0.15) is 0 Å². The third-order valence-electron chi connectivity index (χ3n) is 6.72. The normalized spacial score (nSPS) is 12.2. The molecule has 0 amide bonds. The van der Waals surface area contributed by atoms with Crippen molar-refractivity contribution in [1.82, 2.24) is 4.57 Å². The maximum absolute atomic E-state index is 12.7. The minimum Gasteiger partial charge on any atom is -0.477 e. The quantitative estimate of drug-likeness (QED) is 0.274. The zero-order chi connectivity index (χ0) is 24.5. The second-order valence-electron chi connectivity index (χ2n) is 8.94. The highest BCUT2D eigenvalue weighted by Gasteiger charge is 2.24. The van der Waals surface area contributed by atoms with Crippen LogP contribution < -0.4 is 9.47 Å². The minimum absolute atomic E-state index is 0.226. The second-order valence-corrected chi connectivity index (χ2v) is 8.94. The number of hydrogen-bond donors (Lipinski definition) is 1. The number of nitrogens with zero attached hydrogens (tertiary/aromatic N) is 1. The molecular weight excluding hydrogens is 450 g/mol. The van der Waals surface area contributed by atoms with Gasteiger partial charge < -0.3 is 19.1 Å². The third kappa shape index (κ3) is 3.99. The van der Waals surface area contributed by atoms with Crippen LogP contribution in [0.3, 0.4) is 0 Å². The first-order valence-corrected chi connectivity index (χ1v) is 12.1. The SMILES string of the molecule is O=C(O)c1c(-c2ccccc2)c2cc(-c3ccc4c(c3)OCO4)ccc2n1CCCc1ccccc1. The molecule has 0 aliphatic carbocycles. The van der Waals surface area contributed by atoms with Gasteiger partial charge in [-0.05, 0) is 59.4 Å². The van der Waals surface area contributed by atoms with E-state index in [4.69, 9.17) is 9.47 Å². The van der Waals surface area contributed by atoms with E-state index in [0.717, 1.165) is 57.5 Å². The summed E-state index contributed by atoms with van der Waals surface area (Å²) in [6, 6.07) is 32.2. The van der Waals surface area contributed by atoms with Gasteiger partial charge in [-0.3, -0.25) is 0 Å². The molecule has 4 aromatic carbocycles. The summed E-state index contributed by atoms with van der Waals surface area (Å²) in [4.78, 5) is 12.7. The van der Waals surface area contributed by atoms with Crippen LogP contribution in [0.15, 0.2) is 97.1 Å². The highest BCUT2D eigenvalue weighted by atomic mass is 16.7. The Labute approximate surface area is 209 Å². The molecule has 1 aliphatic rings. The first kappa shape index (κ1) is 22.0. The Bertz CT molecular complexity index is 1550. The number of rotatable bonds is 7. The van der Waals surface area contributed by atoms with Gasteiger partial charge in [0.15, 0.2) is 11.5 Å². The van der Waals surface area contributed by atoms with Gasteiger partial charge in [-0.15, -0.1) is 0 Å². The fourth-order valence-electron chi connectivity index (χ4n) is 5.05. The summed E-state index contributed by atoms with van der Waals surface area (Å²) in [5.41, 5.74) is 6.13. The molecule has 6 rings (SSSR count). The lowest BCUT2D eigenvalue weighted by Crippen LogP contribution is -2.10. The Kier molecular flexibility index (Phi) is 5.66. The van der Waals surface area contributed by atoms with Crippen molar-refractivity contribution in [2.24, 2.45) is 0 Å². The Morgan fingerprint density at radius 3 is 2.25 bits per heavy atom. The maximum Gasteiger partial charge on any atom is 0.353 e. The van der Waals surface area contributed by atoms with E-state index in [2.05, 4.69) is 18.2 Å². The molecule has 178 valence electrons. The molecule has 5 heteroatoms. The molecule has 5 aromatic rings. The monoisotopic (exact) mass is 475 g/mol. The molecular formula is C31H25NO4. The summed E-state index contributed by atoms with van der Waals surface area (Å²) in [7, 11) is 0. The number of aromatic carboxylic acids is 1. The van der Waals surface area contributed by atoms with E-state index < -0.39 is 5.97 Å². The van der Waals surface area contributed by atoms with Gasteiger partial charge in [-0.1, -0.05) is 72.8 Å². The lowest BCUT2D eigenvalue weighted by atomic mass is 9.98. The van der Waals surface area contributed by atoms with Crippen LogP contribution in [0.5, 0.6) is 11.5 Å². The first-order chi connectivity index (χ1) is 17.7. The highest BCUT2D eigenvalue weighted by molar-refractivity contribution is 6.09. The van der Waals surface area contributed by atoms with Crippen molar-refractivity contribution >= 4 is 16.9 Å². The van der Waals surface area contributed by atoms with E-state index in [1.807, 2.05) is 83.4 Å². The Morgan fingerprint density at radius 2 is 1.47 bits per heavy atom. The predicted molar refractivity (Wildman–Crippen MR) is 141 cm³/mol. The smallest absolute Gasteiger partial charge is 0.353 e. The summed E-state index contributed by atoms with van der Waals surface area (Å²) in [5, 5.41) is 11.3. The van der Waals surface area contributed by atoms with Crippen LogP contribution >= 0.6 is 0 Å². The molecule has 0 spiro atoms. The highest BCUT2D eigenvalue weighted by Crippen LogP contribution is 2.40. The number of carboxylic acid groups (broad SMARTS) is 1. The van der Waals surface area contributed by atoms with Gasteiger partial charge in [0.25, 0.3) is 0 Å². The van der Waals surface area contributed by atoms with Crippen LogP contribution in [0.25, 0.3) is 33.2 Å². The molecule has 2 heterocycles. The van der Waals surface area contributed by atoms with E-state index in [-0.39, 0.29) is 6.79 Å². The van der Waals surface area contributed by atoms with Crippen LogP contribution in [0.4, 0.5) is 0 Å². The summed E-state index contributed by atoms with van der Waals surface area (Å²) >= 11 is 0. The Morgan fingerprint density at radius 1 is 0.778 bits per heavy atom. The second kappa shape index (κ2) is 9.27. The summed E-state index contributed by atoms with van der Waals surface area (Å²) in [5.74, 6) is 0.539. The zero-order valence-electron chi connectivity index (χ0n) is 19.7. The van der Waals surface area contributed by atoms with Crippen LogP contribution in [0.1, 0.15) is 22.5 Å². The van der Waals surface area contributed by atoms with Crippen molar-refractivity contribution in [2.45, 2.75) is 19.4 Å². The molecule has 36 heavy (non-hydrogen) atoms. The van der Waals surface area contributed by atoms with E-state index in [9.17, 15) is 9.90 Å². The van der Waals surface area contributed by atoms with Gasteiger partial charge in [0.05, 0.1) is 0 Å².